The number of alkyl halides is 3. The largest absolute Gasteiger partial charge is 0.573 e. The minimum atomic E-state index is -4.90. The summed E-state index contributed by atoms with van der Waals surface area (Å²) < 4.78 is 74.2. The van der Waals surface area contributed by atoms with Crippen molar-refractivity contribution in [2.24, 2.45) is 0 Å². The lowest BCUT2D eigenvalue weighted by Gasteiger charge is -2.15. The van der Waals surface area contributed by atoms with Crippen LogP contribution < -0.4 is 14.2 Å². The molecule has 0 saturated heterocycles. The van der Waals surface area contributed by atoms with Crippen molar-refractivity contribution in [3.8, 4) is 22.8 Å². The van der Waals surface area contributed by atoms with E-state index in [0.29, 0.717) is 5.56 Å². The van der Waals surface area contributed by atoms with E-state index in [2.05, 4.69) is 19.4 Å². The van der Waals surface area contributed by atoms with Gasteiger partial charge in [0.15, 0.2) is 5.82 Å². The van der Waals surface area contributed by atoms with Crippen molar-refractivity contribution >= 4 is 15.8 Å². The molecule has 1 heterocycles. The van der Waals surface area contributed by atoms with E-state index in [1.165, 1.54) is 0 Å². The van der Waals surface area contributed by atoms with Crippen LogP contribution in [0.5, 0.6) is 11.6 Å². The van der Waals surface area contributed by atoms with E-state index in [4.69, 9.17) is 9.84 Å². The molecular formula is C20H18F3N3O5S. The number of rotatable bonds is 8. The van der Waals surface area contributed by atoms with Crippen molar-refractivity contribution < 1.29 is 36.2 Å². The maximum absolute atomic E-state index is 12.8. The minimum absolute atomic E-state index is 0.0459. The monoisotopic (exact) mass is 469 g/mol. The first-order valence-electron chi connectivity index (χ1n) is 9.13. The molecule has 3 rings (SSSR count). The fourth-order valence-electron chi connectivity index (χ4n) is 2.69. The van der Waals surface area contributed by atoms with Crippen LogP contribution in [-0.2, 0) is 10.0 Å². The maximum Gasteiger partial charge on any atom is 0.573 e. The Hall–Kier alpha value is -3.38. The quantitative estimate of drug-likeness (QED) is 0.519. The van der Waals surface area contributed by atoms with Crippen LogP contribution in [0.25, 0.3) is 11.1 Å². The average Bonchev–Trinajstić information content (AvgIpc) is 2.72. The van der Waals surface area contributed by atoms with Crippen LogP contribution in [0.4, 0.5) is 19.0 Å². The highest BCUT2D eigenvalue weighted by Crippen LogP contribution is 2.35. The first kappa shape index (κ1) is 23.3. The van der Waals surface area contributed by atoms with Gasteiger partial charge in [-0.05, 0) is 36.8 Å². The number of aliphatic hydroxyl groups excluding tert-OH is 1. The van der Waals surface area contributed by atoms with Crippen molar-refractivity contribution in [3.05, 3.63) is 60.4 Å². The number of aliphatic hydroxyl groups is 1. The molecule has 32 heavy (non-hydrogen) atoms. The number of sulfonamides is 1. The highest BCUT2D eigenvalue weighted by Gasteiger charge is 2.31. The van der Waals surface area contributed by atoms with E-state index in [1.807, 2.05) is 6.92 Å². The van der Waals surface area contributed by atoms with Crippen molar-refractivity contribution in [1.82, 2.24) is 9.97 Å². The number of halogens is 3. The number of hydrogen-bond acceptors (Lipinski definition) is 7. The Labute approximate surface area is 181 Å². The number of hydrogen-bond donors (Lipinski definition) is 2. The smallest absolute Gasteiger partial charge is 0.475 e. The minimum Gasteiger partial charge on any atom is -0.475 e. The Morgan fingerprint density at radius 2 is 1.69 bits per heavy atom. The summed E-state index contributed by atoms with van der Waals surface area (Å²) in [5, 5.41) is 9.06. The summed E-state index contributed by atoms with van der Waals surface area (Å²) in [6, 6.07) is 10.8. The lowest BCUT2D eigenvalue weighted by Crippen LogP contribution is -2.18. The molecular weight excluding hydrogens is 451 g/mol. The van der Waals surface area contributed by atoms with Gasteiger partial charge in [-0.15, -0.1) is 13.2 Å². The van der Waals surface area contributed by atoms with Gasteiger partial charge in [0.25, 0.3) is 10.0 Å². The van der Waals surface area contributed by atoms with Crippen LogP contribution in [0.1, 0.15) is 5.56 Å². The van der Waals surface area contributed by atoms with Gasteiger partial charge in [-0.2, -0.15) is 0 Å². The number of aryl methyl sites for hydroxylation is 1. The third-order valence-electron chi connectivity index (χ3n) is 4.08. The molecule has 0 amide bonds. The van der Waals surface area contributed by atoms with Crippen LogP contribution >= 0.6 is 0 Å². The van der Waals surface area contributed by atoms with E-state index < -0.39 is 22.1 Å². The fraction of sp³-hybridized carbons (Fsp3) is 0.200. The summed E-state index contributed by atoms with van der Waals surface area (Å²) in [6.45, 7) is 1.51. The average molecular weight is 469 g/mol. The van der Waals surface area contributed by atoms with Gasteiger partial charge in [-0.1, -0.05) is 29.8 Å². The van der Waals surface area contributed by atoms with Crippen LogP contribution in [0.15, 0.2) is 59.8 Å². The maximum atomic E-state index is 12.8. The second kappa shape index (κ2) is 9.40. The Kier molecular flexibility index (Phi) is 6.84. The molecule has 0 radical (unpaired) electrons. The molecule has 0 aliphatic heterocycles. The van der Waals surface area contributed by atoms with Crippen LogP contribution in [0.3, 0.4) is 0 Å². The molecule has 0 fully saturated rings. The standard InChI is InChI=1S/C20H18F3N3O5S/c1-13-2-4-14(5-3-13)17-18(24-12-25-19(17)30-11-10-27)26-32(28,29)16-8-6-15(7-9-16)31-20(21,22)23/h2-9,12,27H,10-11H2,1H3,(H,24,25,26). The zero-order valence-corrected chi connectivity index (χ0v) is 17.4. The van der Waals surface area contributed by atoms with Gasteiger partial charge in [0.2, 0.25) is 5.88 Å². The normalized spacial score (nSPS) is 11.8. The zero-order chi connectivity index (χ0) is 23.4. The van der Waals surface area contributed by atoms with Gasteiger partial charge in [0.1, 0.15) is 18.7 Å². The van der Waals surface area contributed by atoms with Gasteiger partial charge < -0.3 is 14.6 Å². The Bertz CT molecular complexity index is 1170. The van der Waals surface area contributed by atoms with E-state index in [-0.39, 0.29) is 35.4 Å². The lowest BCUT2D eigenvalue weighted by atomic mass is 10.1. The fourth-order valence-corrected chi connectivity index (χ4v) is 3.71. The molecule has 0 aliphatic carbocycles. The Morgan fingerprint density at radius 3 is 2.28 bits per heavy atom. The summed E-state index contributed by atoms with van der Waals surface area (Å²) in [5.41, 5.74) is 1.75. The third kappa shape index (κ3) is 5.86. The van der Waals surface area contributed by atoms with Gasteiger partial charge in [-0.25, -0.2) is 18.4 Å². The second-order valence-electron chi connectivity index (χ2n) is 6.47. The summed E-state index contributed by atoms with van der Waals surface area (Å²) in [7, 11) is -4.23. The topological polar surface area (TPSA) is 111 Å². The number of benzene rings is 2. The van der Waals surface area contributed by atoms with Gasteiger partial charge >= 0.3 is 6.36 Å². The van der Waals surface area contributed by atoms with Crippen molar-refractivity contribution in [2.45, 2.75) is 18.2 Å². The van der Waals surface area contributed by atoms with E-state index >= 15 is 0 Å². The Balaban J connectivity index is 1.97. The molecule has 0 bridgehead atoms. The SMILES string of the molecule is Cc1ccc(-c2c(NS(=O)(=O)c3ccc(OC(F)(F)F)cc3)ncnc2OCCO)cc1. The van der Waals surface area contributed by atoms with E-state index in [1.54, 1.807) is 24.3 Å². The van der Waals surface area contributed by atoms with Crippen molar-refractivity contribution in [3.63, 3.8) is 0 Å². The number of nitrogens with one attached hydrogen (secondary N) is 1. The highest BCUT2D eigenvalue weighted by molar-refractivity contribution is 7.92. The number of ether oxygens (including phenoxy) is 2. The molecule has 1 aromatic heterocycles. The molecule has 3 aromatic rings. The molecule has 2 N–H and O–H groups in total. The molecule has 2 aromatic carbocycles. The number of anilines is 1. The predicted octanol–water partition coefficient (Wildman–Crippen LogP) is 3.52. The molecule has 170 valence electrons. The summed E-state index contributed by atoms with van der Waals surface area (Å²) in [6.07, 6.45) is -3.81. The van der Waals surface area contributed by atoms with Crippen LogP contribution in [0, 0.1) is 6.92 Å². The summed E-state index contributed by atoms with van der Waals surface area (Å²) >= 11 is 0. The number of nitrogens with zero attached hydrogens (tertiary/aromatic N) is 2. The highest BCUT2D eigenvalue weighted by atomic mass is 32.2. The summed E-state index contributed by atoms with van der Waals surface area (Å²) in [4.78, 5) is 7.72. The predicted molar refractivity (Wildman–Crippen MR) is 109 cm³/mol. The lowest BCUT2D eigenvalue weighted by molar-refractivity contribution is -0.274. The second-order valence-corrected chi connectivity index (χ2v) is 8.15. The number of aromatic nitrogens is 2. The first-order valence-corrected chi connectivity index (χ1v) is 10.6. The van der Waals surface area contributed by atoms with Crippen molar-refractivity contribution in [2.75, 3.05) is 17.9 Å². The van der Waals surface area contributed by atoms with Gasteiger partial charge in [-0.3, -0.25) is 4.72 Å². The van der Waals surface area contributed by atoms with Crippen molar-refractivity contribution in [1.29, 1.82) is 0 Å². The summed E-state index contributed by atoms with van der Waals surface area (Å²) in [5.74, 6) is -0.615. The van der Waals surface area contributed by atoms with E-state index in [9.17, 15) is 21.6 Å². The molecule has 8 nitrogen and oxygen atoms in total. The molecule has 0 atom stereocenters. The van der Waals surface area contributed by atoms with Crippen LogP contribution in [-0.4, -0.2) is 43.1 Å². The first-order chi connectivity index (χ1) is 15.1. The van der Waals surface area contributed by atoms with Gasteiger partial charge in [0.05, 0.1) is 17.1 Å². The third-order valence-corrected chi connectivity index (χ3v) is 5.44. The van der Waals surface area contributed by atoms with Crippen LogP contribution in [0.2, 0.25) is 0 Å². The molecule has 0 saturated carbocycles. The molecule has 0 unspecified atom stereocenters. The molecule has 12 heteroatoms. The molecule has 0 aliphatic rings. The van der Waals surface area contributed by atoms with E-state index in [0.717, 1.165) is 36.2 Å². The zero-order valence-electron chi connectivity index (χ0n) is 16.6. The Morgan fingerprint density at radius 1 is 1.03 bits per heavy atom. The molecule has 0 spiro atoms. The van der Waals surface area contributed by atoms with Gasteiger partial charge in [0, 0.05) is 0 Å².